The number of aliphatic hydroxyl groups is 1. The average molecular weight is 273 g/mol. The molecule has 0 aromatic heterocycles. The number of carbonyl (C=O) groups is 1. The van der Waals surface area contributed by atoms with Crippen LogP contribution >= 0.6 is 0 Å². The topological polar surface area (TPSA) is 68.1 Å². The maximum absolute atomic E-state index is 11.6. The summed E-state index contributed by atoms with van der Waals surface area (Å²) in [7, 11) is 2.84. The fourth-order valence-electron chi connectivity index (χ4n) is 1.93. The van der Waals surface area contributed by atoms with E-state index in [1.54, 1.807) is 26.2 Å². The van der Waals surface area contributed by atoms with Gasteiger partial charge in [0.05, 0.1) is 19.9 Å². The Bertz CT molecular complexity index is 641. The van der Waals surface area contributed by atoms with Gasteiger partial charge in [0.2, 0.25) is 0 Å². The number of esters is 1. The van der Waals surface area contributed by atoms with Crippen LogP contribution < -0.4 is 4.74 Å². The van der Waals surface area contributed by atoms with E-state index in [0.717, 1.165) is 5.56 Å². The molecular formula is C15H15NO4. The van der Waals surface area contributed by atoms with Gasteiger partial charge in [0.15, 0.2) is 5.76 Å². The number of hydrogen-bond donors (Lipinski definition) is 1. The van der Waals surface area contributed by atoms with E-state index in [0.29, 0.717) is 17.2 Å². The predicted octanol–water partition coefficient (Wildman–Crippen LogP) is 2.50. The molecular weight excluding hydrogens is 258 g/mol. The minimum Gasteiger partial charge on any atom is -0.505 e. The molecule has 0 saturated carbocycles. The van der Waals surface area contributed by atoms with Crippen LogP contribution in [0.1, 0.15) is 12.5 Å². The van der Waals surface area contributed by atoms with Gasteiger partial charge in [-0.1, -0.05) is 12.1 Å². The molecule has 104 valence electrons. The van der Waals surface area contributed by atoms with Crippen LogP contribution in [-0.4, -0.2) is 31.0 Å². The van der Waals surface area contributed by atoms with E-state index in [2.05, 4.69) is 9.73 Å². The van der Waals surface area contributed by atoms with Crippen molar-refractivity contribution in [1.29, 1.82) is 0 Å². The molecule has 1 N–H and O–H groups in total. The lowest BCUT2D eigenvalue weighted by molar-refractivity contribution is -0.135. The Kier molecular flexibility index (Phi) is 3.89. The number of nitrogens with zero attached hydrogens (tertiary/aromatic N) is 1. The maximum Gasteiger partial charge on any atom is 0.343 e. The smallest absolute Gasteiger partial charge is 0.343 e. The van der Waals surface area contributed by atoms with Gasteiger partial charge in [-0.05, 0) is 30.7 Å². The quantitative estimate of drug-likeness (QED) is 0.859. The number of aliphatic imine (C=N–C) groups is 1. The SMILES string of the molecule is COC(=O)C1=C(O)C(=Cc2cccc(OC)c2)N=C1C. The van der Waals surface area contributed by atoms with Gasteiger partial charge >= 0.3 is 5.97 Å². The summed E-state index contributed by atoms with van der Waals surface area (Å²) in [4.78, 5) is 15.7. The third kappa shape index (κ3) is 2.56. The summed E-state index contributed by atoms with van der Waals surface area (Å²) >= 11 is 0. The number of hydrogen-bond acceptors (Lipinski definition) is 5. The molecule has 0 fully saturated rings. The molecule has 1 aliphatic rings. The number of benzene rings is 1. The summed E-state index contributed by atoms with van der Waals surface area (Å²) in [6.07, 6.45) is 1.68. The Morgan fingerprint density at radius 3 is 2.75 bits per heavy atom. The molecule has 0 spiro atoms. The second kappa shape index (κ2) is 5.61. The third-order valence-electron chi connectivity index (χ3n) is 2.92. The highest BCUT2D eigenvalue weighted by Gasteiger charge is 2.27. The molecule has 1 heterocycles. The highest BCUT2D eigenvalue weighted by atomic mass is 16.5. The zero-order valence-electron chi connectivity index (χ0n) is 11.5. The number of methoxy groups -OCH3 is 2. The predicted molar refractivity (Wildman–Crippen MR) is 75.8 cm³/mol. The van der Waals surface area contributed by atoms with Crippen molar-refractivity contribution >= 4 is 17.8 Å². The van der Waals surface area contributed by atoms with E-state index in [1.165, 1.54) is 7.11 Å². The van der Waals surface area contributed by atoms with Gasteiger partial charge in [0.25, 0.3) is 0 Å². The Morgan fingerprint density at radius 2 is 2.10 bits per heavy atom. The molecule has 0 atom stereocenters. The molecule has 1 aromatic carbocycles. The van der Waals surface area contributed by atoms with Crippen LogP contribution in [0.3, 0.4) is 0 Å². The molecule has 0 unspecified atom stereocenters. The van der Waals surface area contributed by atoms with Crippen molar-refractivity contribution in [3.8, 4) is 5.75 Å². The zero-order chi connectivity index (χ0) is 14.7. The second-order valence-corrected chi connectivity index (χ2v) is 4.22. The van der Waals surface area contributed by atoms with Crippen molar-refractivity contribution < 1.29 is 19.4 Å². The standard InChI is InChI=1S/C15H15NO4/c1-9-13(15(18)20-3)14(17)12(16-9)8-10-5-4-6-11(7-10)19-2/h4-8,17H,1-3H3. The molecule has 1 aromatic rings. The Morgan fingerprint density at radius 1 is 1.35 bits per heavy atom. The monoisotopic (exact) mass is 273 g/mol. The average Bonchev–Trinajstić information content (AvgIpc) is 2.73. The number of ether oxygens (including phenoxy) is 2. The van der Waals surface area contributed by atoms with Crippen LogP contribution in [0.15, 0.2) is 46.3 Å². The first-order valence-electron chi connectivity index (χ1n) is 6.00. The molecule has 20 heavy (non-hydrogen) atoms. The van der Waals surface area contributed by atoms with Crippen LogP contribution in [0.2, 0.25) is 0 Å². The normalized spacial score (nSPS) is 16.4. The lowest BCUT2D eigenvalue weighted by Gasteiger charge is -2.02. The van der Waals surface area contributed by atoms with Crippen LogP contribution in [-0.2, 0) is 9.53 Å². The summed E-state index contributed by atoms with van der Waals surface area (Å²) in [6, 6.07) is 7.31. The van der Waals surface area contributed by atoms with E-state index in [4.69, 9.17) is 4.74 Å². The summed E-state index contributed by atoms with van der Waals surface area (Å²) in [5.41, 5.74) is 1.68. The van der Waals surface area contributed by atoms with E-state index < -0.39 is 5.97 Å². The minimum absolute atomic E-state index is 0.0987. The minimum atomic E-state index is -0.599. The van der Waals surface area contributed by atoms with Crippen molar-refractivity contribution in [2.24, 2.45) is 4.99 Å². The largest absolute Gasteiger partial charge is 0.505 e. The van der Waals surface area contributed by atoms with Gasteiger partial charge in [0.1, 0.15) is 17.0 Å². The molecule has 0 bridgehead atoms. The molecule has 1 aliphatic heterocycles. The summed E-state index contributed by atoms with van der Waals surface area (Å²) < 4.78 is 9.76. The summed E-state index contributed by atoms with van der Waals surface area (Å²) in [5.74, 6) is -0.0651. The van der Waals surface area contributed by atoms with Gasteiger partial charge in [-0.2, -0.15) is 0 Å². The van der Waals surface area contributed by atoms with E-state index in [-0.39, 0.29) is 11.3 Å². The molecule has 0 radical (unpaired) electrons. The summed E-state index contributed by atoms with van der Waals surface area (Å²) in [5, 5.41) is 10.1. The Balaban J connectivity index is 2.41. The molecule has 0 aliphatic carbocycles. The van der Waals surface area contributed by atoms with Gasteiger partial charge in [-0.3, -0.25) is 0 Å². The molecule has 0 saturated heterocycles. The summed E-state index contributed by atoms with van der Waals surface area (Å²) in [6.45, 7) is 1.65. The van der Waals surface area contributed by atoms with Crippen molar-refractivity contribution in [3.05, 3.63) is 46.9 Å². The Labute approximate surface area is 116 Å². The molecule has 2 rings (SSSR count). The van der Waals surface area contributed by atoms with Crippen LogP contribution in [0.4, 0.5) is 0 Å². The third-order valence-corrected chi connectivity index (χ3v) is 2.92. The van der Waals surface area contributed by atoms with Gasteiger partial charge in [-0.25, -0.2) is 9.79 Å². The zero-order valence-corrected chi connectivity index (χ0v) is 11.5. The fourth-order valence-corrected chi connectivity index (χ4v) is 1.93. The van der Waals surface area contributed by atoms with Crippen molar-refractivity contribution in [2.45, 2.75) is 6.92 Å². The van der Waals surface area contributed by atoms with Gasteiger partial charge in [-0.15, -0.1) is 0 Å². The van der Waals surface area contributed by atoms with Crippen molar-refractivity contribution in [2.75, 3.05) is 14.2 Å². The first-order valence-corrected chi connectivity index (χ1v) is 6.00. The van der Waals surface area contributed by atoms with Crippen LogP contribution in [0.25, 0.3) is 6.08 Å². The highest BCUT2D eigenvalue weighted by Crippen LogP contribution is 2.27. The maximum atomic E-state index is 11.6. The highest BCUT2D eigenvalue weighted by molar-refractivity contribution is 6.21. The fraction of sp³-hybridized carbons (Fsp3) is 0.200. The Hall–Kier alpha value is -2.56. The second-order valence-electron chi connectivity index (χ2n) is 4.22. The first kappa shape index (κ1) is 13.9. The van der Waals surface area contributed by atoms with E-state index in [1.807, 2.05) is 18.2 Å². The first-order chi connectivity index (χ1) is 9.56. The van der Waals surface area contributed by atoms with Crippen molar-refractivity contribution in [3.63, 3.8) is 0 Å². The van der Waals surface area contributed by atoms with E-state index in [9.17, 15) is 9.90 Å². The molecule has 5 nitrogen and oxygen atoms in total. The lowest BCUT2D eigenvalue weighted by atomic mass is 10.1. The molecule has 5 heteroatoms. The van der Waals surface area contributed by atoms with Gasteiger partial charge < -0.3 is 14.6 Å². The van der Waals surface area contributed by atoms with Crippen LogP contribution in [0.5, 0.6) is 5.75 Å². The number of aliphatic hydroxyl groups excluding tert-OH is 1. The number of carbonyl (C=O) groups excluding carboxylic acids is 1. The van der Waals surface area contributed by atoms with E-state index >= 15 is 0 Å². The number of rotatable bonds is 3. The molecule has 0 amide bonds. The van der Waals surface area contributed by atoms with Crippen LogP contribution in [0, 0.1) is 0 Å². The lowest BCUT2D eigenvalue weighted by Crippen LogP contribution is -2.11. The van der Waals surface area contributed by atoms with Gasteiger partial charge in [0, 0.05) is 0 Å². The van der Waals surface area contributed by atoms with Crippen molar-refractivity contribution in [1.82, 2.24) is 0 Å².